The van der Waals surface area contributed by atoms with Gasteiger partial charge in [0.15, 0.2) is 6.61 Å². The molecule has 1 N–H and O–H groups in total. The lowest BCUT2D eigenvalue weighted by Crippen LogP contribution is -2.20. The molecule has 3 rings (SSSR count). The molecule has 0 radical (unpaired) electrons. The van der Waals surface area contributed by atoms with Crippen LogP contribution in [0.25, 0.3) is 0 Å². The van der Waals surface area contributed by atoms with Crippen LogP contribution in [-0.4, -0.2) is 31.8 Å². The SMILES string of the molecule is CC(C)c1cccc(OCC(=O)Nc2ccc(OCC3CCCO3)cc2)c1. The average molecular weight is 369 g/mol. The lowest BCUT2D eigenvalue weighted by atomic mass is 10.0. The van der Waals surface area contributed by atoms with E-state index in [1.165, 1.54) is 5.56 Å². The van der Waals surface area contributed by atoms with Gasteiger partial charge in [0.25, 0.3) is 5.91 Å². The van der Waals surface area contributed by atoms with Crippen molar-refractivity contribution in [3.63, 3.8) is 0 Å². The minimum atomic E-state index is -0.196. The number of hydrogen-bond donors (Lipinski definition) is 1. The Balaban J connectivity index is 1.44. The van der Waals surface area contributed by atoms with Crippen LogP contribution in [0, 0.1) is 0 Å². The van der Waals surface area contributed by atoms with Crippen LogP contribution < -0.4 is 14.8 Å². The van der Waals surface area contributed by atoms with Crippen molar-refractivity contribution in [3.05, 3.63) is 54.1 Å². The molecule has 1 fully saturated rings. The summed E-state index contributed by atoms with van der Waals surface area (Å²) in [5, 5.41) is 2.83. The molecule has 27 heavy (non-hydrogen) atoms. The van der Waals surface area contributed by atoms with Crippen molar-refractivity contribution in [2.24, 2.45) is 0 Å². The van der Waals surface area contributed by atoms with Crippen molar-refractivity contribution in [2.45, 2.75) is 38.7 Å². The van der Waals surface area contributed by atoms with Gasteiger partial charge in [-0.05, 0) is 60.7 Å². The Labute approximate surface area is 160 Å². The van der Waals surface area contributed by atoms with Gasteiger partial charge in [-0.25, -0.2) is 0 Å². The number of rotatable bonds is 8. The zero-order chi connectivity index (χ0) is 19.1. The molecule has 1 heterocycles. The van der Waals surface area contributed by atoms with Gasteiger partial charge >= 0.3 is 0 Å². The zero-order valence-corrected chi connectivity index (χ0v) is 15.9. The van der Waals surface area contributed by atoms with Crippen LogP contribution in [0.3, 0.4) is 0 Å². The zero-order valence-electron chi connectivity index (χ0n) is 15.9. The fourth-order valence-corrected chi connectivity index (χ4v) is 2.91. The van der Waals surface area contributed by atoms with Crippen molar-refractivity contribution >= 4 is 11.6 Å². The van der Waals surface area contributed by atoms with E-state index < -0.39 is 0 Å². The van der Waals surface area contributed by atoms with E-state index in [-0.39, 0.29) is 18.6 Å². The summed E-state index contributed by atoms with van der Waals surface area (Å²) in [6, 6.07) is 15.2. The smallest absolute Gasteiger partial charge is 0.262 e. The summed E-state index contributed by atoms with van der Waals surface area (Å²) >= 11 is 0. The van der Waals surface area contributed by atoms with Crippen LogP contribution in [0.2, 0.25) is 0 Å². The predicted molar refractivity (Wildman–Crippen MR) is 106 cm³/mol. The Morgan fingerprint density at radius 1 is 1.15 bits per heavy atom. The first-order chi connectivity index (χ1) is 13.1. The maximum Gasteiger partial charge on any atom is 0.262 e. The van der Waals surface area contributed by atoms with Gasteiger partial charge in [0.05, 0.1) is 6.10 Å². The monoisotopic (exact) mass is 369 g/mol. The van der Waals surface area contributed by atoms with E-state index in [1.54, 1.807) is 0 Å². The number of anilines is 1. The van der Waals surface area contributed by atoms with Crippen LogP contribution in [0.15, 0.2) is 48.5 Å². The molecule has 1 aliphatic rings. The van der Waals surface area contributed by atoms with E-state index in [2.05, 4.69) is 25.2 Å². The molecule has 2 aromatic carbocycles. The number of benzene rings is 2. The molecule has 0 aromatic heterocycles. The summed E-state index contributed by atoms with van der Waals surface area (Å²) in [6.07, 6.45) is 2.34. The molecule has 0 bridgehead atoms. The topological polar surface area (TPSA) is 56.8 Å². The average Bonchev–Trinajstić information content (AvgIpc) is 3.20. The second-order valence-corrected chi connectivity index (χ2v) is 7.03. The largest absolute Gasteiger partial charge is 0.491 e. The van der Waals surface area contributed by atoms with Crippen molar-refractivity contribution < 1.29 is 19.0 Å². The number of amides is 1. The Bertz CT molecular complexity index is 736. The van der Waals surface area contributed by atoms with Gasteiger partial charge in [0.1, 0.15) is 18.1 Å². The summed E-state index contributed by atoms with van der Waals surface area (Å²) in [4.78, 5) is 12.1. The fourth-order valence-electron chi connectivity index (χ4n) is 2.91. The molecule has 0 aliphatic carbocycles. The number of nitrogens with one attached hydrogen (secondary N) is 1. The highest BCUT2D eigenvalue weighted by Crippen LogP contribution is 2.21. The number of carbonyl (C=O) groups excluding carboxylic acids is 1. The molecule has 1 amide bonds. The maximum absolute atomic E-state index is 12.1. The first-order valence-electron chi connectivity index (χ1n) is 9.47. The number of hydrogen-bond acceptors (Lipinski definition) is 4. The van der Waals surface area contributed by atoms with Gasteiger partial charge in [-0.1, -0.05) is 26.0 Å². The fraction of sp³-hybridized carbons (Fsp3) is 0.409. The van der Waals surface area contributed by atoms with Gasteiger partial charge in [0.2, 0.25) is 0 Å². The third-order valence-corrected chi connectivity index (χ3v) is 4.49. The molecule has 0 spiro atoms. The van der Waals surface area contributed by atoms with E-state index in [4.69, 9.17) is 14.2 Å². The first-order valence-corrected chi connectivity index (χ1v) is 9.47. The Morgan fingerprint density at radius 3 is 2.67 bits per heavy atom. The van der Waals surface area contributed by atoms with Crippen molar-refractivity contribution in [3.8, 4) is 11.5 Å². The normalized spacial score (nSPS) is 16.3. The summed E-state index contributed by atoms with van der Waals surface area (Å²) in [5.41, 5.74) is 1.90. The molecule has 1 aliphatic heterocycles. The summed E-state index contributed by atoms with van der Waals surface area (Å²) in [5.74, 6) is 1.70. The van der Waals surface area contributed by atoms with Gasteiger partial charge in [-0.2, -0.15) is 0 Å². The van der Waals surface area contributed by atoms with E-state index in [9.17, 15) is 4.79 Å². The van der Waals surface area contributed by atoms with E-state index in [1.807, 2.05) is 42.5 Å². The van der Waals surface area contributed by atoms with Gasteiger partial charge < -0.3 is 19.5 Å². The third kappa shape index (κ3) is 6.00. The predicted octanol–water partition coefficient (Wildman–Crippen LogP) is 4.39. The van der Waals surface area contributed by atoms with Gasteiger partial charge in [-0.15, -0.1) is 0 Å². The second kappa shape index (κ2) is 9.42. The van der Waals surface area contributed by atoms with Crippen LogP contribution in [-0.2, 0) is 9.53 Å². The molecule has 1 unspecified atom stereocenters. The molecule has 1 saturated heterocycles. The minimum Gasteiger partial charge on any atom is -0.491 e. The molecular weight excluding hydrogens is 342 g/mol. The van der Waals surface area contributed by atoms with Crippen LogP contribution in [0.5, 0.6) is 11.5 Å². The maximum atomic E-state index is 12.1. The highest BCUT2D eigenvalue weighted by molar-refractivity contribution is 5.91. The highest BCUT2D eigenvalue weighted by Gasteiger charge is 2.15. The molecule has 0 saturated carbocycles. The van der Waals surface area contributed by atoms with Crippen molar-refractivity contribution in [1.29, 1.82) is 0 Å². The molecule has 1 atom stereocenters. The van der Waals surface area contributed by atoms with E-state index in [0.29, 0.717) is 24.0 Å². The Morgan fingerprint density at radius 2 is 1.96 bits per heavy atom. The van der Waals surface area contributed by atoms with Crippen molar-refractivity contribution in [1.82, 2.24) is 0 Å². The molecule has 5 nitrogen and oxygen atoms in total. The summed E-state index contributed by atoms with van der Waals surface area (Å²) in [7, 11) is 0. The third-order valence-electron chi connectivity index (χ3n) is 4.49. The Hall–Kier alpha value is -2.53. The Kier molecular flexibility index (Phi) is 6.71. The lowest BCUT2D eigenvalue weighted by molar-refractivity contribution is -0.118. The van der Waals surface area contributed by atoms with E-state index >= 15 is 0 Å². The molecule has 144 valence electrons. The molecule has 2 aromatic rings. The van der Waals surface area contributed by atoms with Crippen LogP contribution in [0.1, 0.15) is 38.2 Å². The number of carbonyl (C=O) groups is 1. The van der Waals surface area contributed by atoms with Crippen LogP contribution in [0.4, 0.5) is 5.69 Å². The van der Waals surface area contributed by atoms with Crippen molar-refractivity contribution in [2.75, 3.05) is 25.1 Å². The quantitative estimate of drug-likeness (QED) is 0.750. The van der Waals surface area contributed by atoms with Crippen LogP contribution >= 0.6 is 0 Å². The van der Waals surface area contributed by atoms with E-state index in [0.717, 1.165) is 25.2 Å². The highest BCUT2D eigenvalue weighted by atomic mass is 16.5. The summed E-state index contributed by atoms with van der Waals surface area (Å²) < 4.78 is 16.9. The lowest BCUT2D eigenvalue weighted by Gasteiger charge is -2.12. The molecule has 5 heteroatoms. The second-order valence-electron chi connectivity index (χ2n) is 7.03. The van der Waals surface area contributed by atoms with Gasteiger partial charge in [-0.3, -0.25) is 4.79 Å². The first kappa shape index (κ1) is 19.2. The summed E-state index contributed by atoms with van der Waals surface area (Å²) in [6.45, 7) is 5.61. The standard InChI is InChI=1S/C22H27NO4/c1-16(2)17-5-3-6-20(13-17)27-15-22(24)23-18-8-10-19(11-9-18)26-14-21-7-4-12-25-21/h3,5-6,8-11,13,16,21H,4,7,12,14-15H2,1-2H3,(H,23,24). The molecular formula is C22H27NO4. The number of ether oxygens (including phenoxy) is 3. The van der Waals surface area contributed by atoms with Gasteiger partial charge in [0, 0.05) is 12.3 Å². The minimum absolute atomic E-state index is 0.0289.